The second-order valence-corrected chi connectivity index (χ2v) is 6.94. The van der Waals surface area contributed by atoms with Gasteiger partial charge in [-0.25, -0.2) is 4.79 Å². The third-order valence-corrected chi connectivity index (χ3v) is 5.01. The van der Waals surface area contributed by atoms with Gasteiger partial charge in [-0.15, -0.1) is 0 Å². The molecule has 8 heteroatoms. The maximum absolute atomic E-state index is 10.6. The molecular formula is C16H26F3NO4. The fourth-order valence-electron chi connectivity index (χ4n) is 3.65. The first-order chi connectivity index (χ1) is 11.3. The van der Waals surface area contributed by atoms with Gasteiger partial charge in [-0.2, -0.15) is 13.2 Å². The summed E-state index contributed by atoms with van der Waals surface area (Å²) in [6, 6.07) is 0. The van der Waals surface area contributed by atoms with Gasteiger partial charge in [0.1, 0.15) is 0 Å². The number of carboxylic acids is 1. The number of alkyl halides is 3. The van der Waals surface area contributed by atoms with Crippen molar-refractivity contribution in [2.75, 3.05) is 40.0 Å². The molecule has 1 heterocycles. The normalized spacial score (nSPS) is 30.9. The number of hydrogen-bond donors (Lipinski definition) is 1. The molecular weight excluding hydrogens is 327 g/mol. The number of hydrogen-bond acceptors (Lipinski definition) is 4. The monoisotopic (exact) mass is 353 g/mol. The number of rotatable bonds is 4. The predicted molar refractivity (Wildman–Crippen MR) is 80.8 cm³/mol. The van der Waals surface area contributed by atoms with E-state index in [0.29, 0.717) is 5.92 Å². The summed E-state index contributed by atoms with van der Waals surface area (Å²) in [4.78, 5) is 11.5. The summed E-state index contributed by atoms with van der Waals surface area (Å²) in [5.41, 5.74) is 0.128. The van der Waals surface area contributed by atoms with Crippen molar-refractivity contribution in [2.24, 2.45) is 11.8 Å². The molecule has 0 aromatic rings. The van der Waals surface area contributed by atoms with E-state index < -0.39 is 12.1 Å². The molecule has 2 atom stereocenters. The van der Waals surface area contributed by atoms with E-state index in [-0.39, 0.29) is 5.60 Å². The van der Waals surface area contributed by atoms with Crippen LogP contribution in [0.15, 0.2) is 0 Å². The molecule has 0 unspecified atom stereocenters. The molecule has 140 valence electrons. The van der Waals surface area contributed by atoms with E-state index >= 15 is 0 Å². The molecule has 0 bridgehead atoms. The van der Waals surface area contributed by atoms with Gasteiger partial charge in [-0.1, -0.05) is 6.42 Å². The number of morpholine rings is 1. The van der Waals surface area contributed by atoms with E-state index in [1.54, 1.807) is 0 Å². The third-order valence-electron chi connectivity index (χ3n) is 5.01. The van der Waals surface area contributed by atoms with Crippen molar-refractivity contribution in [2.45, 2.75) is 43.9 Å². The molecule has 0 amide bonds. The maximum Gasteiger partial charge on any atom is 0.490 e. The molecule has 2 aliphatic carbocycles. The number of nitrogens with zero attached hydrogens (tertiary/aromatic N) is 1. The van der Waals surface area contributed by atoms with Crippen molar-refractivity contribution in [3.8, 4) is 0 Å². The molecule has 3 rings (SSSR count). The molecule has 2 saturated carbocycles. The summed E-state index contributed by atoms with van der Waals surface area (Å²) in [5, 5.41) is 7.12. The number of halogens is 3. The molecule has 1 saturated heterocycles. The molecule has 1 aliphatic heterocycles. The van der Waals surface area contributed by atoms with Gasteiger partial charge in [0.05, 0.1) is 18.8 Å². The Labute approximate surface area is 140 Å². The van der Waals surface area contributed by atoms with E-state index in [1.165, 1.54) is 38.6 Å². The number of ether oxygens (including phenoxy) is 2. The van der Waals surface area contributed by atoms with E-state index in [0.717, 1.165) is 32.2 Å². The van der Waals surface area contributed by atoms with Gasteiger partial charge in [0.15, 0.2) is 0 Å². The number of carbonyl (C=O) groups is 1. The number of aliphatic carboxylic acids is 1. The van der Waals surface area contributed by atoms with E-state index in [9.17, 15) is 13.2 Å². The summed E-state index contributed by atoms with van der Waals surface area (Å²) in [7, 11) is 1.82. The number of methoxy groups -OCH3 is 1. The van der Waals surface area contributed by atoms with Gasteiger partial charge < -0.3 is 14.6 Å². The molecule has 3 aliphatic rings. The zero-order valence-electron chi connectivity index (χ0n) is 14.0. The van der Waals surface area contributed by atoms with Gasteiger partial charge in [0.2, 0.25) is 0 Å². The lowest BCUT2D eigenvalue weighted by Crippen LogP contribution is -2.55. The minimum atomic E-state index is -5.08. The largest absolute Gasteiger partial charge is 0.490 e. The second kappa shape index (κ2) is 8.01. The molecule has 1 N–H and O–H groups in total. The fourth-order valence-corrected chi connectivity index (χ4v) is 3.65. The highest BCUT2D eigenvalue weighted by Gasteiger charge is 2.47. The average molecular weight is 353 g/mol. The molecule has 0 aromatic carbocycles. The van der Waals surface area contributed by atoms with Crippen molar-refractivity contribution >= 4 is 5.97 Å². The second-order valence-electron chi connectivity index (χ2n) is 6.94. The molecule has 24 heavy (non-hydrogen) atoms. The van der Waals surface area contributed by atoms with Crippen LogP contribution in [0, 0.1) is 11.8 Å². The highest BCUT2D eigenvalue weighted by Crippen LogP contribution is 2.42. The van der Waals surface area contributed by atoms with Crippen LogP contribution in [-0.2, 0) is 14.3 Å². The highest BCUT2D eigenvalue weighted by atomic mass is 19.4. The maximum atomic E-state index is 10.6. The number of carboxylic acid groups (broad SMARTS) is 1. The van der Waals surface area contributed by atoms with Crippen molar-refractivity contribution in [1.29, 1.82) is 0 Å². The first-order valence-corrected chi connectivity index (χ1v) is 8.42. The average Bonchev–Trinajstić information content (AvgIpc) is 3.23. The lowest BCUT2D eigenvalue weighted by atomic mass is 9.89. The third kappa shape index (κ3) is 5.32. The first kappa shape index (κ1) is 19.5. The Morgan fingerprint density at radius 3 is 2.58 bits per heavy atom. The van der Waals surface area contributed by atoms with Crippen LogP contribution in [0.3, 0.4) is 0 Å². The Morgan fingerprint density at radius 1 is 1.38 bits per heavy atom. The van der Waals surface area contributed by atoms with Crippen LogP contribution >= 0.6 is 0 Å². The summed E-state index contributed by atoms with van der Waals surface area (Å²) in [6.07, 6.45) is 1.65. The fraction of sp³-hybridized carbons (Fsp3) is 0.938. The summed E-state index contributed by atoms with van der Waals surface area (Å²) in [5.74, 6) is -1.14. The quantitative estimate of drug-likeness (QED) is 0.842. The summed E-state index contributed by atoms with van der Waals surface area (Å²) in [6.45, 7) is 5.39. The van der Waals surface area contributed by atoms with E-state index in [4.69, 9.17) is 19.4 Å². The lowest BCUT2D eigenvalue weighted by molar-refractivity contribution is -0.192. The van der Waals surface area contributed by atoms with Crippen LogP contribution in [0.5, 0.6) is 0 Å². The smallest absolute Gasteiger partial charge is 0.475 e. The lowest BCUT2D eigenvalue weighted by Gasteiger charge is -2.44. The topological polar surface area (TPSA) is 59.0 Å². The molecule has 0 aromatic heterocycles. The van der Waals surface area contributed by atoms with Crippen LogP contribution in [0.4, 0.5) is 13.2 Å². The standard InChI is InChI=1S/C14H25NO2.C2HF3O2/c1-16-10-13-3-2-6-14(13)11-15(7-8-17-14)9-12-4-5-12;3-2(4,5)1(6)7/h12-13H,2-11H2,1H3;(H,6,7)/t13-,14+;/m0./s1. The Morgan fingerprint density at radius 2 is 2.04 bits per heavy atom. The predicted octanol–water partition coefficient (Wildman–Crippen LogP) is 2.55. The molecule has 5 nitrogen and oxygen atoms in total. The van der Waals surface area contributed by atoms with Crippen LogP contribution in [0.1, 0.15) is 32.1 Å². The zero-order chi connectivity index (χ0) is 17.8. The SMILES string of the molecule is COC[C@@H]1CCC[C@@]12CN(CC1CC1)CCO2.O=C(O)C(F)(F)F. The van der Waals surface area contributed by atoms with Crippen molar-refractivity contribution in [3.63, 3.8) is 0 Å². The Kier molecular flexibility index (Phi) is 6.50. The minimum absolute atomic E-state index is 0.128. The van der Waals surface area contributed by atoms with Crippen molar-refractivity contribution in [3.05, 3.63) is 0 Å². The van der Waals surface area contributed by atoms with E-state index in [2.05, 4.69) is 4.90 Å². The summed E-state index contributed by atoms with van der Waals surface area (Å²) >= 11 is 0. The highest BCUT2D eigenvalue weighted by molar-refractivity contribution is 5.73. The van der Waals surface area contributed by atoms with Gasteiger partial charge in [0.25, 0.3) is 0 Å². The van der Waals surface area contributed by atoms with Crippen LogP contribution in [-0.4, -0.2) is 67.7 Å². The van der Waals surface area contributed by atoms with Crippen LogP contribution in [0.25, 0.3) is 0 Å². The molecule has 1 spiro atoms. The zero-order valence-corrected chi connectivity index (χ0v) is 14.0. The van der Waals surface area contributed by atoms with E-state index in [1.807, 2.05) is 7.11 Å². The Balaban J connectivity index is 0.000000256. The van der Waals surface area contributed by atoms with Gasteiger partial charge >= 0.3 is 12.1 Å². The summed E-state index contributed by atoms with van der Waals surface area (Å²) < 4.78 is 43.3. The van der Waals surface area contributed by atoms with Crippen LogP contribution < -0.4 is 0 Å². The van der Waals surface area contributed by atoms with Gasteiger partial charge in [-0.05, 0) is 31.6 Å². The van der Waals surface area contributed by atoms with Crippen molar-refractivity contribution in [1.82, 2.24) is 4.90 Å². The minimum Gasteiger partial charge on any atom is -0.475 e. The van der Waals surface area contributed by atoms with Gasteiger partial charge in [-0.3, -0.25) is 4.90 Å². The van der Waals surface area contributed by atoms with Gasteiger partial charge in [0, 0.05) is 32.7 Å². The van der Waals surface area contributed by atoms with Crippen LogP contribution in [0.2, 0.25) is 0 Å². The molecule has 0 radical (unpaired) electrons. The molecule has 3 fully saturated rings. The first-order valence-electron chi connectivity index (χ1n) is 8.42. The Bertz CT molecular complexity index is 428. The Hall–Kier alpha value is -0.860. The van der Waals surface area contributed by atoms with Crippen molar-refractivity contribution < 1.29 is 32.5 Å².